The lowest BCUT2D eigenvalue weighted by atomic mass is 10.1. The number of carbonyl (C=O) groups excluding carboxylic acids is 2. The summed E-state index contributed by atoms with van der Waals surface area (Å²) in [4.78, 5) is 30.3. The number of hydrogen-bond donors (Lipinski definition) is 1. The van der Waals surface area contributed by atoms with Crippen molar-refractivity contribution >= 4 is 34.8 Å². The van der Waals surface area contributed by atoms with Crippen LogP contribution in [0.25, 0.3) is 0 Å². The van der Waals surface area contributed by atoms with Crippen molar-refractivity contribution in [2.75, 3.05) is 36.0 Å². The summed E-state index contributed by atoms with van der Waals surface area (Å²) in [7, 11) is 0. The number of carbonyl (C=O) groups is 2. The summed E-state index contributed by atoms with van der Waals surface area (Å²) in [6.45, 7) is 4.89. The molecule has 2 aliphatic heterocycles. The normalized spacial score (nSPS) is 20.9. The fourth-order valence-electron chi connectivity index (χ4n) is 4.08. The molecule has 2 heterocycles. The minimum atomic E-state index is -0.360. The molecule has 4 rings (SSSR count). The van der Waals surface area contributed by atoms with Gasteiger partial charge in [-0.05, 0) is 48.9 Å². The van der Waals surface area contributed by atoms with Crippen LogP contribution in [0.3, 0.4) is 0 Å². The predicted octanol–water partition coefficient (Wildman–Crippen LogP) is 1.82. The number of quaternary nitrogens is 1. The van der Waals surface area contributed by atoms with Crippen LogP contribution in [0, 0.1) is 12.7 Å². The third-order valence-corrected chi connectivity index (χ3v) is 5.88. The van der Waals surface area contributed by atoms with Gasteiger partial charge in [0.05, 0.1) is 38.3 Å². The van der Waals surface area contributed by atoms with E-state index in [4.69, 9.17) is 11.6 Å². The Morgan fingerprint density at radius 2 is 1.75 bits per heavy atom. The average Bonchev–Trinajstić information content (AvgIpc) is 2.99. The zero-order chi connectivity index (χ0) is 19.8. The Bertz CT molecular complexity index is 910. The second-order valence-electron chi connectivity index (χ2n) is 7.38. The highest BCUT2D eigenvalue weighted by atomic mass is 35.5. The quantitative estimate of drug-likeness (QED) is 0.797. The van der Waals surface area contributed by atoms with Crippen LogP contribution in [0.5, 0.6) is 0 Å². The van der Waals surface area contributed by atoms with E-state index in [0.717, 1.165) is 42.3 Å². The van der Waals surface area contributed by atoms with Crippen LogP contribution in [0.15, 0.2) is 42.5 Å². The van der Waals surface area contributed by atoms with Crippen LogP contribution in [-0.2, 0) is 9.59 Å². The molecule has 2 fully saturated rings. The summed E-state index contributed by atoms with van der Waals surface area (Å²) in [6.07, 6.45) is 0.219. The average molecular weight is 403 g/mol. The summed E-state index contributed by atoms with van der Waals surface area (Å²) < 4.78 is 13.1. The molecule has 146 valence electrons. The minimum absolute atomic E-state index is 0.152. The molecule has 0 aliphatic carbocycles. The smallest absolute Gasteiger partial charge is 0.292 e. The molecule has 0 bridgehead atoms. The lowest BCUT2D eigenvalue weighted by Crippen LogP contribution is -3.19. The molecule has 1 N–H and O–H groups in total. The van der Waals surface area contributed by atoms with Gasteiger partial charge in [-0.2, -0.15) is 0 Å². The molecule has 0 unspecified atom stereocenters. The van der Waals surface area contributed by atoms with Crippen molar-refractivity contribution in [3.63, 3.8) is 0 Å². The van der Waals surface area contributed by atoms with Gasteiger partial charge in [-0.1, -0.05) is 17.7 Å². The van der Waals surface area contributed by atoms with Crippen molar-refractivity contribution in [2.45, 2.75) is 19.4 Å². The van der Waals surface area contributed by atoms with Gasteiger partial charge in [0, 0.05) is 10.7 Å². The highest BCUT2D eigenvalue weighted by Gasteiger charge is 2.46. The van der Waals surface area contributed by atoms with Gasteiger partial charge >= 0.3 is 0 Å². The molecule has 0 saturated carbocycles. The minimum Gasteiger partial charge on any atom is -0.360 e. The number of piperazine rings is 1. The summed E-state index contributed by atoms with van der Waals surface area (Å²) in [5, 5.41) is 0.505. The lowest BCUT2D eigenvalue weighted by Gasteiger charge is -2.35. The Kier molecular flexibility index (Phi) is 5.08. The molecule has 2 aliphatic rings. The molecule has 5 nitrogen and oxygen atoms in total. The maximum Gasteiger partial charge on any atom is 0.292 e. The highest BCUT2D eigenvalue weighted by molar-refractivity contribution is 6.31. The van der Waals surface area contributed by atoms with Crippen molar-refractivity contribution < 1.29 is 18.9 Å². The van der Waals surface area contributed by atoms with Crippen molar-refractivity contribution in [3.8, 4) is 0 Å². The first-order valence-electron chi connectivity index (χ1n) is 9.42. The van der Waals surface area contributed by atoms with Crippen LogP contribution in [-0.4, -0.2) is 44.0 Å². The first-order valence-corrected chi connectivity index (χ1v) is 9.80. The Morgan fingerprint density at radius 3 is 2.43 bits per heavy atom. The number of aryl methyl sites for hydroxylation is 1. The third kappa shape index (κ3) is 3.50. The van der Waals surface area contributed by atoms with Gasteiger partial charge in [-0.15, -0.1) is 0 Å². The molecule has 2 saturated heterocycles. The molecule has 2 aromatic rings. The Morgan fingerprint density at radius 1 is 1.07 bits per heavy atom. The van der Waals surface area contributed by atoms with E-state index in [9.17, 15) is 14.0 Å². The first kappa shape index (κ1) is 18.9. The molecule has 0 radical (unpaired) electrons. The molecule has 2 amide bonds. The summed E-state index contributed by atoms with van der Waals surface area (Å²) in [5.41, 5.74) is 2.41. The third-order valence-electron chi connectivity index (χ3n) is 5.65. The van der Waals surface area contributed by atoms with Crippen LogP contribution in [0.2, 0.25) is 5.02 Å². The SMILES string of the molecule is Cc1ccc(Cl)cc1N1C(=O)C[C@H]([NH+]2CCN(c3ccc(F)cc3)CC2)C1=O. The molecule has 1 atom stereocenters. The van der Waals surface area contributed by atoms with Crippen LogP contribution >= 0.6 is 11.6 Å². The van der Waals surface area contributed by atoms with Crippen LogP contribution in [0.1, 0.15) is 12.0 Å². The number of nitrogens with one attached hydrogen (secondary N) is 1. The Labute approximate surface area is 168 Å². The number of anilines is 2. The number of imide groups is 1. The Hall–Kier alpha value is -2.44. The number of nitrogens with zero attached hydrogens (tertiary/aromatic N) is 2. The van der Waals surface area contributed by atoms with Gasteiger partial charge in [0.1, 0.15) is 5.82 Å². The second-order valence-corrected chi connectivity index (χ2v) is 7.81. The van der Waals surface area contributed by atoms with E-state index in [-0.39, 0.29) is 30.1 Å². The molecular formula is C21H22ClFN3O2+. The summed E-state index contributed by atoms with van der Waals surface area (Å²) >= 11 is 6.08. The van der Waals surface area contributed by atoms with Crippen molar-refractivity contribution in [1.29, 1.82) is 0 Å². The molecule has 28 heavy (non-hydrogen) atoms. The molecule has 0 aromatic heterocycles. The second kappa shape index (κ2) is 7.53. The van der Waals surface area contributed by atoms with E-state index < -0.39 is 0 Å². The zero-order valence-electron chi connectivity index (χ0n) is 15.6. The van der Waals surface area contributed by atoms with E-state index in [1.165, 1.54) is 17.0 Å². The maximum atomic E-state index is 13.1. The van der Waals surface area contributed by atoms with E-state index >= 15 is 0 Å². The number of amides is 2. The monoisotopic (exact) mass is 402 g/mol. The summed E-state index contributed by atoms with van der Waals surface area (Å²) in [5.74, 6) is -0.575. The van der Waals surface area contributed by atoms with Crippen LogP contribution < -0.4 is 14.7 Å². The van der Waals surface area contributed by atoms with Gasteiger partial charge in [-0.25, -0.2) is 9.29 Å². The summed E-state index contributed by atoms with van der Waals surface area (Å²) in [6, 6.07) is 11.3. The van der Waals surface area contributed by atoms with E-state index in [0.29, 0.717) is 10.7 Å². The number of rotatable bonds is 3. The molecule has 0 spiro atoms. The topological polar surface area (TPSA) is 45.1 Å². The molecule has 7 heteroatoms. The van der Waals surface area contributed by atoms with Gasteiger partial charge in [0.15, 0.2) is 6.04 Å². The van der Waals surface area contributed by atoms with E-state index in [2.05, 4.69) is 4.90 Å². The Balaban J connectivity index is 1.46. The van der Waals surface area contributed by atoms with Crippen LogP contribution in [0.4, 0.5) is 15.8 Å². The van der Waals surface area contributed by atoms with Gasteiger partial charge < -0.3 is 9.80 Å². The van der Waals surface area contributed by atoms with Crippen molar-refractivity contribution in [1.82, 2.24) is 0 Å². The standard InChI is InChI=1S/C21H21ClFN3O2/c1-14-2-3-15(22)12-18(14)26-20(27)13-19(21(26)28)25-10-8-24(9-11-25)17-6-4-16(23)5-7-17/h2-7,12,19H,8-11,13H2,1H3/p+1/t19-/m0/s1. The van der Waals surface area contributed by atoms with Gasteiger partial charge in [-0.3, -0.25) is 9.59 Å². The number of hydrogen-bond acceptors (Lipinski definition) is 3. The van der Waals surface area contributed by atoms with Gasteiger partial charge in [0.2, 0.25) is 5.91 Å². The lowest BCUT2D eigenvalue weighted by molar-refractivity contribution is -0.915. The first-order chi connectivity index (χ1) is 13.4. The van der Waals surface area contributed by atoms with Crippen molar-refractivity contribution in [3.05, 3.63) is 58.9 Å². The largest absolute Gasteiger partial charge is 0.360 e. The van der Waals surface area contributed by atoms with E-state index in [1.54, 1.807) is 24.3 Å². The van der Waals surface area contributed by atoms with Crippen molar-refractivity contribution in [2.24, 2.45) is 0 Å². The maximum absolute atomic E-state index is 13.1. The fraction of sp³-hybridized carbons (Fsp3) is 0.333. The molecular weight excluding hydrogens is 381 g/mol. The highest BCUT2D eigenvalue weighted by Crippen LogP contribution is 2.28. The molecule has 2 aromatic carbocycles. The fourth-order valence-corrected chi connectivity index (χ4v) is 4.25. The zero-order valence-corrected chi connectivity index (χ0v) is 16.4. The van der Waals surface area contributed by atoms with E-state index in [1.807, 2.05) is 13.0 Å². The number of halogens is 2. The van der Waals surface area contributed by atoms with Gasteiger partial charge in [0.25, 0.3) is 5.91 Å². The number of benzene rings is 2. The predicted molar refractivity (Wildman–Crippen MR) is 106 cm³/mol.